The minimum Gasteiger partial charge on any atom is -0.452 e. The van der Waals surface area contributed by atoms with Crippen molar-refractivity contribution in [3.05, 3.63) is 104 Å². The quantitative estimate of drug-likeness (QED) is 0.213. The number of aryl methyl sites for hydroxylation is 2. The number of carbonyl (C=O) groups excluding carboxylic acids is 1. The molecule has 5 aromatic rings. The standard InChI is InChI=1S/C26H17BrO4/c1-14-3-5-17(6-4-14)24(29)26-22(16-7-9-18(27)10-8-16)23-20(30-26)12-11-19-15(2)13-21(28)31-25(19)23/h3-13H,1-2H3. The van der Waals surface area contributed by atoms with Crippen molar-refractivity contribution in [2.24, 2.45) is 0 Å². The van der Waals surface area contributed by atoms with E-state index >= 15 is 0 Å². The lowest BCUT2D eigenvalue weighted by Crippen LogP contribution is -2.02. The van der Waals surface area contributed by atoms with E-state index in [1.165, 1.54) is 6.07 Å². The van der Waals surface area contributed by atoms with Gasteiger partial charge in [0.25, 0.3) is 0 Å². The van der Waals surface area contributed by atoms with E-state index < -0.39 is 5.63 Å². The molecular formula is C26H17BrO4. The molecule has 0 N–H and O–H groups in total. The van der Waals surface area contributed by atoms with E-state index in [1.807, 2.05) is 62.4 Å². The van der Waals surface area contributed by atoms with Crippen LogP contribution in [-0.4, -0.2) is 5.78 Å². The molecule has 0 radical (unpaired) electrons. The number of furan rings is 1. The van der Waals surface area contributed by atoms with Gasteiger partial charge in [-0.1, -0.05) is 57.9 Å². The molecule has 0 aliphatic rings. The van der Waals surface area contributed by atoms with Crippen molar-refractivity contribution in [1.29, 1.82) is 0 Å². The normalized spacial score (nSPS) is 11.3. The summed E-state index contributed by atoms with van der Waals surface area (Å²) in [6, 6.07) is 20.1. The van der Waals surface area contributed by atoms with Crippen molar-refractivity contribution >= 4 is 43.7 Å². The van der Waals surface area contributed by atoms with E-state index in [1.54, 1.807) is 12.1 Å². The molecule has 0 fully saturated rings. The first kappa shape index (κ1) is 19.5. The summed E-state index contributed by atoms with van der Waals surface area (Å²) in [5.74, 6) is -0.00454. The molecule has 5 rings (SSSR count). The monoisotopic (exact) mass is 472 g/mol. The molecule has 2 heterocycles. The van der Waals surface area contributed by atoms with Crippen LogP contribution in [0.4, 0.5) is 0 Å². The average Bonchev–Trinajstić information content (AvgIpc) is 3.14. The van der Waals surface area contributed by atoms with Gasteiger partial charge in [-0.15, -0.1) is 0 Å². The molecule has 0 saturated carbocycles. The van der Waals surface area contributed by atoms with Gasteiger partial charge in [0, 0.05) is 27.1 Å². The Morgan fingerprint density at radius 2 is 1.58 bits per heavy atom. The number of fused-ring (bicyclic) bond motifs is 3. The Bertz CT molecular complexity index is 1520. The largest absolute Gasteiger partial charge is 0.452 e. The van der Waals surface area contributed by atoms with Gasteiger partial charge in [-0.2, -0.15) is 0 Å². The maximum atomic E-state index is 13.5. The number of carbonyl (C=O) groups is 1. The molecule has 0 atom stereocenters. The molecule has 2 aromatic heterocycles. The first-order chi connectivity index (χ1) is 14.9. The zero-order valence-corrected chi connectivity index (χ0v) is 18.4. The Kier molecular flexibility index (Phi) is 4.63. The zero-order chi connectivity index (χ0) is 21.7. The van der Waals surface area contributed by atoms with Crippen LogP contribution < -0.4 is 5.63 Å². The summed E-state index contributed by atoms with van der Waals surface area (Å²) in [6.07, 6.45) is 0. The van der Waals surface area contributed by atoms with E-state index in [-0.39, 0.29) is 11.5 Å². The molecule has 0 spiro atoms. The highest BCUT2D eigenvalue weighted by Gasteiger charge is 2.26. The van der Waals surface area contributed by atoms with Crippen LogP contribution in [0, 0.1) is 13.8 Å². The Hall–Kier alpha value is -3.44. The number of hydrogen-bond donors (Lipinski definition) is 0. The van der Waals surface area contributed by atoms with Gasteiger partial charge in [0.2, 0.25) is 5.78 Å². The molecule has 4 nitrogen and oxygen atoms in total. The van der Waals surface area contributed by atoms with Crippen molar-refractivity contribution < 1.29 is 13.6 Å². The van der Waals surface area contributed by atoms with Crippen LogP contribution in [0.5, 0.6) is 0 Å². The summed E-state index contributed by atoms with van der Waals surface area (Å²) in [6.45, 7) is 3.84. The molecule has 5 heteroatoms. The minimum absolute atomic E-state index is 0.220. The second-order valence-corrected chi connectivity index (χ2v) is 8.49. The summed E-state index contributed by atoms with van der Waals surface area (Å²) in [5, 5.41) is 1.43. The first-order valence-corrected chi connectivity index (χ1v) is 10.6. The molecule has 152 valence electrons. The van der Waals surface area contributed by atoms with Crippen LogP contribution in [0.1, 0.15) is 27.2 Å². The van der Waals surface area contributed by atoms with Crippen molar-refractivity contribution in [3.63, 3.8) is 0 Å². The minimum atomic E-state index is -0.438. The Morgan fingerprint density at radius 3 is 2.29 bits per heavy atom. The second kappa shape index (κ2) is 7.36. The van der Waals surface area contributed by atoms with Crippen LogP contribution in [0.25, 0.3) is 33.1 Å². The number of ketones is 1. The fraction of sp³-hybridized carbons (Fsp3) is 0.0769. The fourth-order valence-electron chi connectivity index (χ4n) is 3.85. The molecular weight excluding hydrogens is 456 g/mol. The average molecular weight is 473 g/mol. The lowest BCUT2D eigenvalue weighted by molar-refractivity contribution is 0.101. The van der Waals surface area contributed by atoms with Crippen molar-refractivity contribution in [1.82, 2.24) is 0 Å². The number of rotatable bonds is 3. The van der Waals surface area contributed by atoms with E-state index in [0.717, 1.165) is 26.5 Å². The predicted molar refractivity (Wildman–Crippen MR) is 125 cm³/mol. The molecule has 3 aromatic carbocycles. The van der Waals surface area contributed by atoms with Crippen molar-refractivity contribution in [2.75, 3.05) is 0 Å². The van der Waals surface area contributed by atoms with Gasteiger partial charge in [-0.05, 0) is 49.2 Å². The predicted octanol–water partition coefficient (Wildman–Crippen LogP) is 6.82. The van der Waals surface area contributed by atoms with Crippen molar-refractivity contribution in [2.45, 2.75) is 13.8 Å². The Labute approximate surface area is 186 Å². The molecule has 31 heavy (non-hydrogen) atoms. The van der Waals surface area contributed by atoms with Gasteiger partial charge >= 0.3 is 5.63 Å². The van der Waals surface area contributed by atoms with E-state index in [2.05, 4.69) is 15.9 Å². The SMILES string of the molecule is Cc1ccc(C(=O)c2oc3ccc4c(C)cc(=O)oc4c3c2-c2ccc(Br)cc2)cc1. The van der Waals surface area contributed by atoms with E-state index in [4.69, 9.17) is 8.83 Å². The van der Waals surface area contributed by atoms with Crippen LogP contribution in [0.3, 0.4) is 0 Å². The zero-order valence-electron chi connectivity index (χ0n) is 16.9. The highest BCUT2D eigenvalue weighted by atomic mass is 79.9. The summed E-state index contributed by atoms with van der Waals surface area (Å²) < 4.78 is 12.6. The topological polar surface area (TPSA) is 60.4 Å². The van der Waals surface area contributed by atoms with Crippen LogP contribution in [-0.2, 0) is 0 Å². The smallest absolute Gasteiger partial charge is 0.336 e. The van der Waals surface area contributed by atoms with Gasteiger partial charge in [-0.25, -0.2) is 4.79 Å². The van der Waals surface area contributed by atoms with E-state index in [0.29, 0.717) is 27.7 Å². The molecule has 0 unspecified atom stereocenters. The highest BCUT2D eigenvalue weighted by molar-refractivity contribution is 9.10. The maximum Gasteiger partial charge on any atom is 0.336 e. The fourth-order valence-corrected chi connectivity index (χ4v) is 4.11. The third-order valence-corrected chi connectivity index (χ3v) is 5.95. The summed E-state index contributed by atoms with van der Waals surface area (Å²) in [7, 11) is 0. The van der Waals surface area contributed by atoms with Crippen LogP contribution in [0.15, 0.2) is 84.8 Å². The lowest BCUT2D eigenvalue weighted by atomic mass is 9.96. The summed E-state index contributed by atoms with van der Waals surface area (Å²) in [5.41, 5.74) is 4.31. The summed E-state index contributed by atoms with van der Waals surface area (Å²) >= 11 is 3.46. The summed E-state index contributed by atoms with van der Waals surface area (Å²) in [4.78, 5) is 25.6. The third-order valence-electron chi connectivity index (χ3n) is 5.42. The number of halogens is 1. The molecule has 0 aliphatic heterocycles. The number of benzene rings is 3. The Balaban J connectivity index is 1.89. The molecule has 0 saturated heterocycles. The Morgan fingerprint density at radius 1 is 0.871 bits per heavy atom. The highest BCUT2D eigenvalue weighted by Crippen LogP contribution is 2.40. The lowest BCUT2D eigenvalue weighted by Gasteiger charge is -2.06. The maximum absolute atomic E-state index is 13.5. The van der Waals surface area contributed by atoms with Gasteiger partial charge in [0.05, 0.1) is 5.39 Å². The van der Waals surface area contributed by atoms with Gasteiger partial charge in [0.1, 0.15) is 11.2 Å². The van der Waals surface area contributed by atoms with Gasteiger partial charge in [0.15, 0.2) is 5.76 Å². The van der Waals surface area contributed by atoms with Crippen molar-refractivity contribution in [3.8, 4) is 11.1 Å². The van der Waals surface area contributed by atoms with Gasteiger partial charge < -0.3 is 8.83 Å². The molecule has 0 aliphatic carbocycles. The van der Waals surface area contributed by atoms with Crippen LogP contribution >= 0.6 is 15.9 Å². The van der Waals surface area contributed by atoms with E-state index in [9.17, 15) is 9.59 Å². The second-order valence-electron chi connectivity index (χ2n) is 7.57. The van der Waals surface area contributed by atoms with Gasteiger partial charge in [-0.3, -0.25) is 4.79 Å². The van der Waals surface area contributed by atoms with Crippen LogP contribution in [0.2, 0.25) is 0 Å². The first-order valence-electron chi connectivity index (χ1n) is 9.79. The molecule has 0 bridgehead atoms. The third kappa shape index (κ3) is 3.31. The molecule has 0 amide bonds. The number of hydrogen-bond acceptors (Lipinski definition) is 4.